The molecular formula is C10H17N5O2S. The minimum Gasteiger partial charge on any atom is -0.369 e. The number of hydrogen-bond acceptors (Lipinski definition) is 7. The molecule has 0 unspecified atom stereocenters. The van der Waals surface area contributed by atoms with Crippen molar-refractivity contribution in [1.82, 2.24) is 9.97 Å². The van der Waals surface area contributed by atoms with Crippen LogP contribution in [0.1, 0.15) is 24.6 Å². The van der Waals surface area contributed by atoms with Gasteiger partial charge < -0.3 is 10.7 Å². The van der Waals surface area contributed by atoms with Crippen LogP contribution in [0.2, 0.25) is 0 Å². The molecule has 100 valence electrons. The monoisotopic (exact) mass is 271 g/mol. The van der Waals surface area contributed by atoms with Crippen molar-refractivity contribution in [2.24, 2.45) is 5.84 Å². The zero-order chi connectivity index (χ0) is 13.2. The van der Waals surface area contributed by atoms with Crippen molar-refractivity contribution < 1.29 is 8.42 Å². The van der Waals surface area contributed by atoms with Gasteiger partial charge in [0.05, 0.1) is 5.75 Å². The fourth-order valence-corrected chi connectivity index (χ4v) is 1.99. The van der Waals surface area contributed by atoms with E-state index in [1.54, 1.807) is 6.07 Å². The summed E-state index contributed by atoms with van der Waals surface area (Å²) < 4.78 is 22.0. The molecule has 1 aliphatic carbocycles. The van der Waals surface area contributed by atoms with E-state index in [1.165, 1.54) is 6.26 Å². The molecule has 0 atom stereocenters. The summed E-state index contributed by atoms with van der Waals surface area (Å²) in [4.78, 5) is 8.62. The van der Waals surface area contributed by atoms with E-state index >= 15 is 0 Å². The first-order valence-electron chi connectivity index (χ1n) is 5.75. The number of hydrazine groups is 1. The molecule has 0 spiro atoms. The summed E-state index contributed by atoms with van der Waals surface area (Å²) in [6, 6.07) is 1.66. The van der Waals surface area contributed by atoms with Gasteiger partial charge >= 0.3 is 0 Å². The van der Waals surface area contributed by atoms with Gasteiger partial charge in [-0.2, -0.15) is 0 Å². The molecule has 1 heterocycles. The van der Waals surface area contributed by atoms with E-state index in [9.17, 15) is 8.42 Å². The van der Waals surface area contributed by atoms with Crippen LogP contribution in [0.25, 0.3) is 0 Å². The average molecular weight is 271 g/mol. The molecule has 0 bridgehead atoms. The second-order valence-corrected chi connectivity index (χ2v) is 6.73. The Hall–Kier alpha value is -1.41. The second kappa shape index (κ2) is 5.07. The summed E-state index contributed by atoms with van der Waals surface area (Å²) >= 11 is 0. The predicted octanol–water partition coefficient (Wildman–Crippen LogP) is 0.0961. The summed E-state index contributed by atoms with van der Waals surface area (Å²) in [6.45, 7) is 0.323. The number of nitrogens with two attached hydrogens (primary N) is 1. The van der Waals surface area contributed by atoms with Gasteiger partial charge in [-0.15, -0.1) is 0 Å². The van der Waals surface area contributed by atoms with Crippen molar-refractivity contribution in [2.45, 2.75) is 18.8 Å². The van der Waals surface area contributed by atoms with Crippen molar-refractivity contribution in [1.29, 1.82) is 0 Å². The lowest BCUT2D eigenvalue weighted by molar-refractivity contribution is 0.602. The Labute approximate surface area is 106 Å². The van der Waals surface area contributed by atoms with E-state index < -0.39 is 9.84 Å². The van der Waals surface area contributed by atoms with Gasteiger partial charge in [-0.05, 0) is 12.8 Å². The quantitative estimate of drug-likeness (QED) is 0.497. The number of rotatable bonds is 6. The number of nitrogen functional groups attached to an aromatic ring is 1. The lowest BCUT2D eigenvalue weighted by Crippen LogP contribution is -2.16. The molecular weight excluding hydrogens is 254 g/mol. The largest absolute Gasteiger partial charge is 0.369 e. The number of sulfone groups is 1. The molecule has 0 saturated heterocycles. The van der Waals surface area contributed by atoms with Gasteiger partial charge in [0.1, 0.15) is 27.3 Å². The van der Waals surface area contributed by atoms with Gasteiger partial charge in [-0.3, -0.25) is 0 Å². The van der Waals surface area contributed by atoms with E-state index in [-0.39, 0.29) is 5.75 Å². The molecule has 0 aliphatic heterocycles. The lowest BCUT2D eigenvalue weighted by Gasteiger charge is -2.08. The molecule has 1 aromatic heterocycles. The van der Waals surface area contributed by atoms with Crippen molar-refractivity contribution in [3.05, 3.63) is 11.9 Å². The van der Waals surface area contributed by atoms with E-state index in [2.05, 4.69) is 20.7 Å². The summed E-state index contributed by atoms with van der Waals surface area (Å²) in [6.07, 6.45) is 3.39. The second-order valence-electron chi connectivity index (χ2n) is 4.47. The highest BCUT2D eigenvalue weighted by Crippen LogP contribution is 2.38. The van der Waals surface area contributed by atoms with Crippen LogP contribution in [0.5, 0.6) is 0 Å². The van der Waals surface area contributed by atoms with Crippen molar-refractivity contribution in [3.8, 4) is 0 Å². The maximum absolute atomic E-state index is 11.0. The minimum atomic E-state index is -2.97. The number of anilines is 2. The van der Waals surface area contributed by atoms with Crippen LogP contribution in [0, 0.1) is 0 Å². The molecule has 0 radical (unpaired) electrons. The first kappa shape index (κ1) is 13.0. The molecule has 1 fully saturated rings. The molecule has 1 saturated carbocycles. The van der Waals surface area contributed by atoms with Crippen LogP contribution < -0.4 is 16.6 Å². The topological polar surface area (TPSA) is 110 Å². The molecule has 2 rings (SSSR count). The van der Waals surface area contributed by atoms with E-state index in [4.69, 9.17) is 5.84 Å². The first-order valence-corrected chi connectivity index (χ1v) is 7.81. The summed E-state index contributed by atoms with van der Waals surface area (Å²) in [7, 11) is -2.97. The fraction of sp³-hybridized carbons (Fsp3) is 0.600. The number of nitrogens with zero attached hydrogens (tertiary/aromatic N) is 2. The molecule has 4 N–H and O–H groups in total. The first-order chi connectivity index (χ1) is 8.48. The molecule has 0 aromatic carbocycles. The summed E-state index contributed by atoms with van der Waals surface area (Å²) in [5, 5.41) is 2.97. The fourth-order valence-electron chi connectivity index (χ4n) is 1.52. The van der Waals surface area contributed by atoms with E-state index in [1.807, 2.05) is 0 Å². The summed E-state index contributed by atoms with van der Waals surface area (Å²) in [5.74, 6) is 7.72. The normalized spacial score (nSPS) is 15.4. The van der Waals surface area contributed by atoms with Crippen molar-refractivity contribution in [2.75, 3.05) is 29.3 Å². The highest BCUT2D eigenvalue weighted by Gasteiger charge is 2.27. The van der Waals surface area contributed by atoms with Gasteiger partial charge in [0, 0.05) is 24.8 Å². The maximum atomic E-state index is 11.0. The smallest absolute Gasteiger partial charge is 0.149 e. The molecule has 7 nitrogen and oxygen atoms in total. The Morgan fingerprint density at radius 1 is 1.39 bits per heavy atom. The molecule has 18 heavy (non-hydrogen) atoms. The van der Waals surface area contributed by atoms with Gasteiger partial charge in [0.15, 0.2) is 0 Å². The SMILES string of the molecule is CS(=O)(=O)CCNc1cc(NN)nc(C2CC2)n1. The standard InChI is InChI=1S/C10H17N5O2S/c1-18(16,17)5-4-12-8-6-9(15-11)14-10(13-8)7-2-3-7/h6-7H,2-5,11H2,1H3,(H2,12,13,14,15). The van der Waals surface area contributed by atoms with Gasteiger partial charge in [-0.1, -0.05) is 0 Å². The average Bonchev–Trinajstić information content (AvgIpc) is 3.10. The summed E-state index contributed by atoms with van der Waals surface area (Å²) in [5.41, 5.74) is 2.49. The Morgan fingerprint density at radius 3 is 2.61 bits per heavy atom. The van der Waals surface area contributed by atoms with Gasteiger partial charge in [0.2, 0.25) is 0 Å². The third kappa shape index (κ3) is 3.81. The Bertz CT molecular complexity index is 527. The van der Waals surface area contributed by atoms with Gasteiger partial charge in [0.25, 0.3) is 0 Å². The van der Waals surface area contributed by atoms with Crippen LogP contribution in [-0.2, 0) is 9.84 Å². The van der Waals surface area contributed by atoms with Gasteiger partial charge in [-0.25, -0.2) is 24.2 Å². The Kier molecular flexibility index (Phi) is 3.67. The zero-order valence-electron chi connectivity index (χ0n) is 10.2. The third-order valence-corrected chi connectivity index (χ3v) is 3.56. The lowest BCUT2D eigenvalue weighted by atomic mass is 10.4. The predicted molar refractivity (Wildman–Crippen MR) is 70.0 cm³/mol. The van der Waals surface area contributed by atoms with E-state index in [0.29, 0.717) is 24.1 Å². The van der Waals surface area contributed by atoms with Crippen molar-refractivity contribution >= 4 is 21.5 Å². The molecule has 0 amide bonds. The number of aromatic nitrogens is 2. The molecule has 1 aromatic rings. The Morgan fingerprint density at radius 2 is 2.06 bits per heavy atom. The van der Waals surface area contributed by atoms with Crippen LogP contribution in [0.4, 0.5) is 11.6 Å². The minimum absolute atomic E-state index is 0.0706. The maximum Gasteiger partial charge on any atom is 0.149 e. The van der Waals surface area contributed by atoms with Crippen LogP contribution >= 0.6 is 0 Å². The highest BCUT2D eigenvalue weighted by molar-refractivity contribution is 7.90. The molecule has 8 heteroatoms. The highest BCUT2D eigenvalue weighted by atomic mass is 32.2. The Balaban J connectivity index is 2.04. The third-order valence-electron chi connectivity index (χ3n) is 2.61. The number of hydrogen-bond donors (Lipinski definition) is 3. The number of nitrogens with one attached hydrogen (secondary N) is 2. The van der Waals surface area contributed by atoms with Crippen LogP contribution in [-0.4, -0.2) is 36.9 Å². The molecule has 1 aliphatic rings. The zero-order valence-corrected chi connectivity index (χ0v) is 11.0. The van der Waals surface area contributed by atoms with E-state index in [0.717, 1.165) is 18.7 Å². The van der Waals surface area contributed by atoms with Crippen LogP contribution in [0.15, 0.2) is 6.07 Å². The van der Waals surface area contributed by atoms with Crippen molar-refractivity contribution in [3.63, 3.8) is 0 Å². The van der Waals surface area contributed by atoms with Crippen LogP contribution in [0.3, 0.4) is 0 Å².